The smallest absolute Gasteiger partial charge is 0.348 e. The van der Waals surface area contributed by atoms with Gasteiger partial charge in [-0.25, -0.2) is 0 Å². The first-order chi connectivity index (χ1) is 11.9. The number of carbonyl (C=O) groups excluding carboxylic acids is 1. The minimum absolute atomic E-state index is 0.117. The molecule has 1 amide bonds. The molecule has 1 aromatic carbocycles. The van der Waals surface area contributed by atoms with Crippen molar-refractivity contribution in [3.63, 3.8) is 0 Å². The van der Waals surface area contributed by atoms with Crippen LogP contribution in [0.3, 0.4) is 0 Å². The SMILES string of the molecule is O=C(NCc1ccnc(-c2cccs2)c1)c1ccccc1C(F)(F)F. The lowest BCUT2D eigenvalue weighted by molar-refractivity contribution is -0.137. The number of hydrogen-bond acceptors (Lipinski definition) is 3. The van der Waals surface area contributed by atoms with Crippen molar-refractivity contribution < 1.29 is 18.0 Å². The molecule has 25 heavy (non-hydrogen) atoms. The molecule has 0 unspecified atom stereocenters. The van der Waals surface area contributed by atoms with Crippen molar-refractivity contribution >= 4 is 17.2 Å². The summed E-state index contributed by atoms with van der Waals surface area (Å²) in [6, 6.07) is 12.1. The first-order valence-corrected chi connectivity index (χ1v) is 8.26. The number of hydrogen-bond donors (Lipinski definition) is 1. The van der Waals surface area contributed by atoms with E-state index in [4.69, 9.17) is 0 Å². The molecule has 0 aliphatic rings. The Morgan fingerprint density at radius 2 is 1.92 bits per heavy atom. The fraction of sp³-hybridized carbons (Fsp3) is 0.111. The van der Waals surface area contributed by atoms with E-state index in [0.29, 0.717) is 0 Å². The van der Waals surface area contributed by atoms with Gasteiger partial charge in [-0.05, 0) is 41.3 Å². The number of carbonyl (C=O) groups is 1. The molecule has 7 heteroatoms. The topological polar surface area (TPSA) is 42.0 Å². The second-order valence-corrected chi connectivity index (χ2v) is 6.20. The Morgan fingerprint density at radius 1 is 1.12 bits per heavy atom. The second-order valence-electron chi connectivity index (χ2n) is 5.25. The van der Waals surface area contributed by atoms with Gasteiger partial charge in [-0.15, -0.1) is 11.3 Å². The minimum atomic E-state index is -4.57. The maximum Gasteiger partial charge on any atom is 0.417 e. The Kier molecular flexibility index (Phi) is 4.85. The van der Waals surface area contributed by atoms with E-state index in [2.05, 4.69) is 10.3 Å². The van der Waals surface area contributed by atoms with Gasteiger partial charge in [0.2, 0.25) is 0 Å². The quantitative estimate of drug-likeness (QED) is 0.727. The van der Waals surface area contributed by atoms with Gasteiger partial charge in [-0.3, -0.25) is 9.78 Å². The summed E-state index contributed by atoms with van der Waals surface area (Å²) in [7, 11) is 0. The van der Waals surface area contributed by atoms with Gasteiger partial charge in [0.05, 0.1) is 21.7 Å². The maximum absolute atomic E-state index is 13.0. The molecule has 0 radical (unpaired) electrons. The predicted octanol–water partition coefficient (Wildman–Crippen LogP) is 4.76. The average Bonchev–Trinajstić information content (AvgIpc) is 3.14. The molecule has 1 N–H and O–H groups in total. The average molecular weight is 362 g/mol. The number of thiophene rings is 1. The fourth-order valence-electron chi connectivity index (χ4n) is 2.35. The van der Waals surface area contributed by atoms with Crippen LogP contribution < -0.4 is 5.32 Å². The minimum Gasteiger partial charge on any atom is -0.348 e. The van der Waals surface area contributed by atoms with E-state index in [-0.39, 0.29) is 12.1 Å². The lowest BCUT2D eigenvalue weighted by atomic mass is 10.1. The van der Waals surface area contributed by atoms with Crippen molar-refractivity contribution in [2.24, 2.45) is 0 Å². The number of nitrogens with one attached hydrogen (secondary N) is 1. The van der Waals surface area contributed by atoms with E-state index >= 15 is 0 Å². The van der Waals surface area contributed by atoms with Crippen LogP contribution in [0.1, 0.15) is 21.5 Å². The van der Waals surface area contributed by atoms with Crippen LogP contribution in [0, 0.1) is 0 Å². The Balaban J connectivity index is 1.75. The van der Waals surface area contributed by atoms with Crippen LogP contribution in [-0.2, 0) is 12.7 Å². The molecule has 2 heterocycles. The van der Waals surface area contributed by atoms with Gasteiger partial charge >= 0.3 is 6.18 Å². The number of benzene rings is 1. The fourth-order valence-corrected chi connectivity index (χ4v) is 3.04. The van der Waals surface area contributed by atoms with Gasteiger partial charge < -0.3 is 5.32 Å². The Morgan fingerprint density at radius 3 is 2.64 bits per heavy atom. The zero-order valence-corrected chi connectivity index (χ0v) is 13.7. The highest BCUT2D eigenvalue weighted by Crippen LogP contribution is 2.31. The lowest BCUT2D eigenvalue weighted by Gasteiger charge is -2.12. The van der Waals surface area contributed by atoms with E-state index < -0.39 is 17.6 Å². The number of nitrogens with zero attached hydrogens (tertiary/aromatic N) is 1. The number of pyridine rings is 1. The molecule has 0 aliphatic carbocycles. The number of halogens is 3. The zero-order valence-electron chi connectivity index (χ0n) is 12.9. The van der Waals surface area contributed by atoms with Gasteiger partial charge in [0.15, 0.2) is 0 Å². The van der Waals surface area contributed by atoms with Crippen molar-refractivity contribution in [3.8, 4) is 10.6 Å². The van der Waals surface area contributed by atoms with Gasteiger partial charge in [-0.2, -0.15) is 13.2 Å². The predicted molar refractivity (Wildman–Crippen MR) is 90.2 cm³/mol. The maximum atomic E-state index is 13.0. The van der Waals surface area contributed by atoms with Gasteiger partial charge in [-0.1, -0.05) is 18.2 Å². The highest BCUT2D eigenvalue weighted by atomic mass is 32.1. The van der Waals surface area contributed by atoms with Crippen LogP contribution in [0.25, 0.3) is 10.6 Å². The van der Waals surface area contributed by atoms with Gasteiger partial charge in [0, 0.05) is 12.7 Å². The van der Waals surface area contributed by atoms with Crippen LogP contribution >= 0.6 is 11.3 Å². The number of amides is 1. The Labute approximate surface area is 146 Å². The van der Waals surface area contributed by atoms with Crippen molar-refractivity contribution in [1.82, 2.24) is 10.3 Å². The standard InChI is InChI=1S/C18H13F3N2OS/c19-18(20,21)14-5-2-1-4-13(14)17(24)23-11-12-7-8-22-15(10-12)16-6-3-9-25-16/h1-10H,11H2,(H,23,24). The first kappa shape index (κ1) is 17.2. The molecule has 0 spiro atoms. The molecule has 0 saturated heterocycles. The van der Waals surface area contributed by atoms with E-state index in [1.807, 2.05) is 23.6 Å². The zero-order chi connectivity index (χ0) is 17.9. The molecule has 128 valence electrons. The third-order valence-electron chi connectivity index (χ3n) is 3.53. The van der Waals surface area contributed by atoms with Crippen LogP contribution in [0.5, 0.6) is 0 Å². The van der Waals surface area contributed by atoms with Gasteiger partial charge in [0.1, 0.15) is 0 Å². The van der Waals surface area contributed by atoms with E-state index in [1.165, 1.54) is 29.5 Å². The normalized spacial score (nSPS) is 11.3. The number of alkyl halides is 3. The van der Waals surface area contributed by atoms with Crippen LogP contribution in [0.15, 0.2) is 60.1 Å². The molecule has 0 aliphatic heterocycles. The summed E-state index contributed by atoms with van der Waals surface area (Å²) in [5.74, 6) is -0.762. The lowest BCUT2D eigenvalue weighted by Crippen LogP contribution is -2.25. The summed E-state index contributed by atoms with van der Waals surface area (Å²) in [6.45, 7) is 0.117. The van der Waals surface area contributed by atoms with Crippen LogP contribution in [-0.4, -0.2) is 10.9 Å². The third-order valence-corrected chi connectivity index (χ3v) is 4.42. The van der Waals surface area contributed by atoms with E-state index in [1.54, 1.807) is 12.3 Å². The highest BCUT2D eigenvalue weighted by Gasteiger charge is 2.34. The Hall–Kier alpha value is -2.67. The molecule has 0 bridgehead atoms. The summed E-state index contributed by atoms with van der Waals surface area (Å²) in [5.41, 5.74) is 0.192. The van der Waals surface area contributed by atoms with Gasteiger partial charge in [0.25, 0.3) is 5.91 Å². The van der Waals surface area contributed by atoms with Crippen molar-refractivity contribution in [1.29, 1.82) is 0 Å². The van der Waals surface area contributed by atoms with Crippen molar-refractivity contribution in [2.75, 3.05) is 0 Å². The summed E-state index contributed by atoms with van der Waals surface area (Å²) in [4.78, 5) is 17.4. The van der Waals surface area contributed by atoms with Crippen molar-refractivity contribution in [3.05, 3.63) is 76.8 Å². The van der Waals surface area contributed by atoms with Crippen LogP contribution in [0.4, 0.5) is 13.2 Å². The molecular weight excluding hydrogens is 349 g/mol. The molecule has 2 aromatic heterocycles. The van der Waals surface area contributed by atoms with E-state index in [0.717, 1.165) is 22.2 Å². The Bertz CT molecular complexity index is 876. The third kappa shape index (κ3) is 4.06. The summed E-state index contributed by atoms with van der Waals surface area (Å²) in [6.07, 6.45) is -2.96. The monoisotopic (exact) mass is 362 g/mol. The number of aromatic nitrogens is 1. The molecule has 0 saturated carbocycles. The van der Waals surface area contributed by atoms with Crippen LogP contribution in [0.2, 0.25) is 0 Å². The first-order valence-electron chi connectivity index (χ1n) is 7.38. The molecule has 3 aromatic rings. The molecule has 0 fully saturated rings. The van der Waals surface area contributed by atoms with E-state index in [9.17, 15) is 18.0 Å². The highest BCUT2D eigenvalue weighted by molar-refractivity contribution is 7.13. The summed E-state index contributed by atoms with van der Waals surface area (Å²) < 4.78 is 39.0. The molecular formula is C18H13F3N2OS. The van der Waals surface area contributed by atoms with Crippen molar-refractivity contribution in [2.45, 2.75) is 12.7 Å². The molecule has 3 nitrogen and oxygen atoms in total. The summed E-state index contributed by atoms with van der Waals surface area (Å²) in [5, 5.41) is 4.47. The second kappa shape index (κ2) is 7.06. The summed E-state index contributed by atoms with van der Waals surface area (Å²) >= 11 is 1.54. The number of rotatable bonds is 4. The largest absolute Gasteiger partial charge is 0.417 e. The molecule has 3 rings (SSSR count). The molecule has 0 atom stereocenters.